The minimum absolute atomic E-state index is 0.0300. The summed E-state index contributed by atoms with van der Waals surface area (Å²) in [6.07, 6.45) is 6.63. The molecule has 3 rings (SSSR count). The number of nitrogens with zero attached hydrogens (tertiary/aromatic N) is 2. The first-order valence-corrected chi connectivity index (χ1v) is 6.20. The van der Waals surface area contributed by atoms with E-state index >= 15 is 0 Å². The predicted octanol–water partition coefficient (Wildman–Crippen LogP) is 1.56. The summed E-state index contributed by atoms with van der Waals surface area (Å²) in [4.78, 5) is 19.6. The molecule has 1 aliphatic rings. The van der Waals surface area contributed by atoms with Gasteiger partial charge in [0.2, 0.25) is 0 Å². The smallest absolute Gasteiger partial charge is 0.268 e. The third-order valence-corrected chi connectivity index (χ3v) is 3.48. The van der Waals surface area contributed by atoms with E-state index < -0.39 is 0 Å². The monoisotopic (exact) mass is 244 g/mol. The van der Waals surface area contributed by atoms with E-state index in [1.54, 1.807) is 6.33 Å². The zero-order chi connectivity index (χ0) is 12.5. The van der Waals surface area contributed by atoms with Crippen LogP contribution < -0.4 is 5.32 Å². The Morgan fingerprint density at radius 1 is 1.61 bits per heavy atom. The number of rotatable bonds is 2. The third-order valence-electron chi connectivity index (χ3n) is 3.48. The Bertz CT molecular complexity index is 569. The Morgan fingerprint density at radius 3 is 3.28 bits per heavy atom. The Labute approximate surface area is 105 Å². The maximum Gasteiger partial charge on any atom is 0.268 e. The molecule has 0 radical (unpaired) electrons. The van der Waals surface area contributed by atoms with Crippen molar-refractivity contribution in [3.63, 3.8) is 0 Å². The van der Waals surface area contributed by atoms with E-state index in [1.165, 1.54) is 0 Å². The van der Waals surface area contributed by atoms with Gasteiger partial charge in [-0.2, -0.15) is 0 Å². The molecule has 0 spiro atoms. The molecule has 5 nitrogen and oxygen atoms in total. The molecule has 2 heterocycles. The molecule has 0 saturated heterocycles. The fraction of sp³-hybridized carbons (Fsp3) is 0.385. The molecule has 0 aliphatic heterocycles. The summed E-state index contributed by atoms with van der Waals surface area (Å²) in [5.74, 6) is -0.0386. The molecule has 0 aromatic carbocycles. The molecular formula is C13H16N4O. The first-order chi connectivity index (χ1) is 8.75. The van der Waals surface area contributed by atoms with Gasteiger partial charge in [-0.15, -0.1) is 0 Å². The SMILES string of the molecule is Cn1cccc1C(=O)NC1CCCc2[nH]cnc21. The van der Waals surface area contributed by atoms with Gasteiger partial charge in [-0.1, -0.05) is 0 Å². The zero-order valence-electron chi connectivity index (χ0n) is 10.3. The molecule has 0 bridgehead atoms. The van der Waals surface area contributed by atoms with Crippen LogP contribution in [0.15, 0.2) is 24.7 Å². The van der Waals surface area contributed by atoms with Crippen LogP contribution in [0.4, 0.5) is 0 Å². The maximum atomic E-state index is 12.2. The normalized spacial score (nSPS) is 18.4. The van der Waals surface area contributed by atoms with Gasteiger partial charge in [0.05, 0.1) is 18.1 Å². The molecular weight excluding hydrogens is 228 g/mol. The van der Waals surface area contributed by atoms with Crippen molar-refractivity contribution >= 4 is 5.91 Å². The van der Waals surface area contributed by atoms with Crippen molar-refractivity contribution in [2.75, 3.05) is 0 Å². The first-order valence-electron chi connectivity index (χ1n) is 6.20. The van der Waals surface area contributed by atoms with Crippen LogP contribution in [0.25, 0.3) is 0 Å². The fourth-order valence-corrected chi connectivity index (χ4v) is 2.52. The van der Waals surface area contributed by atoms with Crippen LogP contribution in [0, 0.1) is 0 Å². The number of aromatic amines is 1. The lowest BCUT2D eigenvalue weighted by molar-refractivity contribution is 0.0923. The highest BCUT2D eigenvalue weighted by atomic mass is 16.2. The van der Waals surface area contributed by atoms with Gasteiger partial charge in [0, 0.05) is 18.9 Å². The van der Waals surface area contributed by atoms with Gasteiger partial charge >= 0.3 is 0 Å². The van der Waals surface area contributed by atoms with Gasteiger partial charge in [-0.25, -0.2) is 4.98 Å². The van der Waals surface area contributed by atoms with Crippen molar-refractivity contribution in [2.24, 2.45) is 7.05 Å². The minimum Gasteiger partial charge on any atom is -0.348 e. The summed E-state index contributed by atoms with van der Waals surface area (Å²) in [7, 11) is 1.87. The largest absolute Gasteiger partial charge is 0.348 e. The number of carbonyl (C=O) groups excluding carboxylic acids is 1. The number of H-pyrrole nitrogens is 1. The molecule has 0 saturated carbocycles. The second kappa shape index (κ2) is 4.33. The van der Waals surface area contributed by atoms with Crippen molar-refractivity contribution < 1.29 is 4.79 Å². The van der Waals surface area contributed by atoms with Gasteiger partial charge in [0.1, 0.15) is 5.69 Å². The van der Waals surface area contributed by atoms with Crippen molar-refractivity contribution in [3.05, 3.63) is 41.7 Å². The molecule has 1 amide bonds. The van der Waals surface area contributed by atoms with Gasteiger partial charge < -0.3 is 14.9 Å². The molecule has 1 atom stereocenters. The van der Waals surface area contributed by atoms with Gasteiger partial charge in [-0.3, -0.25) is 4.79 Å². The van der Waals surface area contributed by atoms with Crippen LogP contribution in [0.3, 0.4) is 0 Å². The molecule has 2 N–H and O–H groups in total. The summed E-state index contributed by atoms with van der Waals surface area (Å²) in [6.45, 7) is 0. The van der Waals surface area contributed by atoms with E-state index in [9.17, 15) is 4.79 Å². The summed E-state index contributed by atoms with van der Waals surface area (Å²) in [5.41, 5.74) is 2.82. The second-order valence-corrected chi connectivity index (χ2v) is 4.69. The highest BCUT2D eigenvalue weighted by Gasteiger charge is 2.24. The molecule has 94 valence electrons. The fourth-order valence-electron chi connectivity index (χ4n) is 2.52. The molecule has 1 unspecified atom stereocenters. The third kappa shape index (κ3) is 1.81. The Morgan fingerprint density at radius 2 is 2.50 bits per heavy atom. The lowest BCUT2D eigenvalue weighted by Gasteiger charge is -2.22. The molecule has 1 aliphatic carbocycles. The lowest BCUT2D eigenvalue weighted by Crippen LogP contribution is -2.32. The average molecular weight is 244 g/mol. The Hall–Kier alpha value is -2.04. The topological polar surface area (TPSA) is 62.7 Å². The summed E-state index contributed by atoms with van der Waals surface area (Å²) < 4.78 is 1.82. The standard InChI is InChI=1S/C13H16N4O/c1-17-7-3-6-11(17)13(18)16-10-5-2-4-9-12(10)15-8-14-9/h3,6-8,10H,2,4-5H2,1H3,(H,14,15)(H,16,18). The van der Waals surface area contributed by atoms with E-state index in [1.807, 2.05) is 29.9 Å². The van der Waals surface area contributed by atoms with Crippen molar-refractivity contribution in [1.82, 2.24) is 19.9 Å². The van der Waals surface area contributed by atoms with E-state index in [0.717, 1.165) is 30.7 Å². The van der Waals surface area contributed by atoms with E-state index in [2.05, 4.69) is 15.3 Å². The number of aryl methyl sites for hydroxylation is 2. The van der Waals surface area contributed by atoms with Gasteiger partial charge in [0.25, 0.3) is 5.91 Å². The second-order valence-electron chi connectivity index (χ2n) is 4.69. The first kappa shape index (κ1) is 11.1. The van der Waals surface area contributed by atoms with Gasteiger partial charge in [-0.05, 0) is 31.4 Å². The molecule has 0 fully saturated rings. The van der Waals surface area contributed by atoms with Crippen molar-refractivity contribution in [1.29, 1.82) is 0 Å². The molecule has 18 heavy (non-hydrogen) atoms. The van der Waals surface area contributed by atoms with Crippen LogP contribution in [0.5, 0.6) is 0 Å². The van der Waals surface area contributed by atoms with Crippen LogP contribution in [-0.4, -0.2) is 20.4 Å². The minimum atomic E-state index is -0.0386. The number of imidazole rings is 1. The van der Waals surface area contributed by atoms with Crippen molar-refractivity contribution in [3.8, 4) is 0 Å². The number of hydrogen-bond acceptors (Lipinski definition) is 2. The number of fused-ring (bicyclic) bond motifs is 1. The number of aromatic nitrogens is 3. The highest BCUT2D eigenvalue weighted by molar-refractivity contribution is 5.93. The zero-order valence-corrected chi connectivity index (χ0v) is 10.3. The summed E-state index contributed by atoms with van der Waals surface area (Å²) in [5, 5.41) is 3.06. The predicted molar refractivity (Wildman–Crippen MR) is 67.1 cm³/mol. The van der Waals surface area contributed by atoms with Crippen LogP contribution in [0.2, 0.25) is 0 Å². The van der Waals surface area contributed by atoms with Crippen LogP contribution in [-0.2, 0) is 13.5 Å². The average Bonchev–Trinajstić information content (AvgIpc) is 2.97. The number of carbonyl (C=O) groups is 1. The lowest BCUT2D eigenvalue weighted by atomic mass is 9.96. The highest BCUT2D eigenvalue weighted by Crippen LogP contribution is 2.27. The Kier molecular flexibility index (Phi) is 2.66. The van der Waals surface area contributed by atoms with E-state index in [4.69, 9.17) is 0 Å². The molecule has 2 aromatic heterocycles. The quantitative estimate of drug-likeness (QED) is 0.842. The number of nitrogens with one attached hydrogen (secondary N) is 2. The summed E-state index contributed by atoms with van der Waals surface area (Å²) in [6, 6.07) is 3.72. The molecule has 2 aromatic rings. The van der Waals surface area contributed by atoms with Crippen LogP contribution >= 0.6 is 0 Å². The van der Waals surface area contributed by atoms with Crippen molar-refractivity contribution in [2.45, 2.75) is 25.3 Å². The Balaban J connectivity index is 1.79. The van der Waals surface area contributed by atoms with E-state index in [0.29, 0.717) is 5.69 Å². The number of amides is 1. The van der Waals surface area contributed by atoms with Gasteiger partial charge in [0.15, 0.2) is 0 Å². The molecule has 5 heteroatoms. The summed E-state index contributed by atoms with van der Waals surface area (Å²) >= 11 is 0. The van der Waals surface area contributed by atoms with E-state index in [-0.39, 0.29) is 11.9 Å². The van der Waals surface area contributed by atoms with Crippen LogP contribution in [0.1, 0.15) is 40.8 Å². The number of hydrogen-bond donors (Lipinski definition) is 2. The maximum absolute atomic E-state index is 12.2.